The Balaban J connectivity index is 3.26. The maximum absolute atomic E-state index is 9.53. The summed E-state index contributed by atoms with van der Waals surface area (Å²) in [5.41, 5.74) is 0. The predicted molar refractivity (Wildman–Crippen MR) is 22.3 cm³/mol. The van der Waals surface area contributed by atoms with Crippen LogP contribution in [0.3, 0.4) is 0 Å². The fourth-order valence-corrected chi connectivity index (χ4v) is 0.149. The van der Waals surface area contributed by atoms with E-state index in [4.69, 9.17) is 5.11 Å². The van der Waals surface area contributed by atoms with E-state index in [9.17, 15) is 9.90 Å². The van der Waals surface area contributed by atoms with Crippen LogP contribution in [0.4, 0.5) is 0 Å². The van der Waals surface area contributed by atoms with E-state index in [1.807, 2.05) is 0 Å². The highest BCUT2D eigenvalue weighted by molar-refractivity contribution is 5.79. The zero-order valence-corrected chi connectivity index (χ0v) is 3.63. The van der Waals surface area contributed by atoms with Crippen LogP contribution in [0.25, 0.3) is 0 Å². The Hall–Kier alpha value is -0.830. The molecule has 0 fully saturated rings. The highest BCUT2D eigenvalue weighted by Crippen LogP contribution is 1.68. The summed E-state index contributed by atoms with van der Waals surface area (Å²) >= 11 is 0. The molecule has 0 saturated carbocycles. The predicted octanol–water partition coefficient (Wildman–Crippen LogP) is 0.0577. The molecule has 0 aliphatic carbocycles. The Bertz CT molecular complexity index is 84.9. The summed E-state index contributed by atoms with van der Waals surface area (Å²) in [5, 5.41) is 17.3. The van der Waals surface area contributed by atoms with Crippen LogP contribution in [0.5, 0.6) is 0 Å². The fourth-order valence-electron chi connectivity index (χ4n) is 0.149. The number of carboxylic acid groups (broad SMARTS) is 1. The molecule has 7 heavy (non-hydrogen) atoms. The van der Waals surface area contributed by atoms with E-state index in [-0.39, 0.29) is 0 Å². The molecule has 0 heterocycles. The van der Waals surface area contributed by atoms with Crippen molar-refractivity contribution in [2.24, 2.45) is 0 Å². The summed E-state index contributed by atoms with van der Waals surface area (Å²) in [6, 6.07) is 0. The van der Waals surface area contributed by atoms with Gasteiger partial charge in [-0.25, -0.2) is 9.90 Å². The quantitative estimate of drug-likeness (QED) is 0.500. The average Bonchev–Trinajstić information content (AvgIpc) is 1.61. The molecule has 0 aliphatic heterocycles. The maximum atomic E-state index is 9.53. The van der Waals surface area contributed by atoms with Gasteiger partial charge in [0.05, 0.1) is 0 Å². The summed E-state index contributed by atoms with van der Waals surface area (Å²) in [6.07, 6.45) is 1.87. The van der Waals surface area contributed by atoms with E-state index in [0.29, 0.717) is 0 Å². The van der Waals surface area contributed by atoms with Crippen LogP contribution < -0.4 is 0 Å². The first-order valence-corrected chi connectivity index (χ1v) is 1.75. The molecule has 0 bridgehead atoms. The molecular formula is C4H5O3. The summed E-state index contributed by atoms with van der Waals surface area (Å²) in [5.74, 6) is -1.07. The second-order valence-electron chi connectivity index (χ2n) is 0.907. The largest absolute Gasteiger partial charge is 0.478 e. The number of hydrogen-bond donors (Lipinski definition) is 1. The minimum absolute atomic E-state index is 0.466. The molecule has 0 aromatic carbocycles. The molecule has 3 nitrogen and oxygen atoms in total. The number of carboxylic acids is 1. The number of carbonyl (C=O) groups is 1. The van der Waals surface area contributed by atoms with Crippen molar-refractivity contribution < 1.29 is 15.0 Å². The smallest absolute Gasteiger partial charge is 0.328 e. The SMILES string of the molecule is [O]CC=CC(=O)O. The van der Waals surface area contributed by atoms with Gasteiger partial charge < -0.3 is 5.11 Å². The lowest BCUT2D eigenvalue weighted by Gasteiger charge is -1.72. The molecule has 0 atom stereocenters. The highest BCUT2D eigenvalue weighted by atomic mass is 16.4. The highest BCUT2D eigenvalue weighted by Gasteiger charge is 1.80. The van der Waals surface area contributed by atoms with Crippen molar-refractivity contribution in [2.45, 2.75) is 0 Å². The lowest BCUT2D eigenvalue weighted by molar-refractivity contribution is -0.131. The number of rotatable bonds is 2. The first-order chi connectivity index (χ1) is 3.27. The Labute approximate surface area is 40.9 Å². The van der Waals surface area contributed by atoms with E-state index >= 15 is 0 Å². The minimum Gasteiger partial charge on any atom is -0.478 e. The van der Waals surface area contributed by atoms with Crippen LogP contribution in [0, 0.1) is 0 Å². The van der Waals surface area contributed by atoms with E-state index in [0.717, 1.165) is 12.2 Å². The van der Waals surface area contributed by atoms with Crippen molar-refractivity contribution in [1.82, 2.24) is 0 Å². The van der Waals surface area contributed by atoms with Crippen LogP contribution >= 0.6 is 0 Å². The van der Waals surface area contributed by atoms with Crippen molar-refractivity contribution in [3.63, 3.8) is 0 Å². The van der Waals surface area contributed by atoms with Crippen molar-refractivity contribution >= 4 is 5.97 Å². The van der Waals surface area contributed by atoms with Gasteiger partial charge in [-0.1, -0.05) is 0 Å². The third-order valence-corrected chi connectivity index (χ3v) is 0.357. The van der Waals surface area contributed by atoms with Crippen LogP contribution in [-0.4, -0.2) is 17.7 Å². The summed E-state index contributed by atoms with van der Waals surface area (Å²) in [4.78, 5) is 9.53. The summed E-state index contributed by atoms with van der Waals surface area (Å²) in [7, 11) is 0. The topological polar surface area (TPSA) is 57.2 Å². The van der Waals surface area contributed by atoms with Gasteiger partial charge in [-0.3, -0.25) is 0 Å². The van der Waals surface area contributed by atoms with Crippen molar-refractivity contribution in [2.75, 3.05) is 6.61 Å². The molecule has 0 aromatic heterocycles. The average molecular weight is 101 g/mol. The molecule has 0 rings (SSSR count). The van der Waals surface area contributed by atoms with Gasteiger partial charge in [-0.05, 0) is 6.08 Å². The lowest BCUT2D eigenvalue weighted by atomic mass is 10.5. The molecule has 3 heteroatoms. The summed E-state index contributed by atoms with van der Waals surface area (Å²) < 4.78 is 0. The van der Waals surface area contributed by atoms with Crippen LogP contribution in [0.1, 0.15) is 0 Å². The molecule has 0 amide bonds. The molecular weight excluding hydrogens is 96.0 g/mol. The normalized spacial score (nSPS) is 9.86. The first-order valence-electron chi connectivity index (χ1n) is 1.75. The number of hydrogen-bond acceptors (Lipinski definition) is 1. The molecule has 0 aromatic rings. The van der Waals surface area contributed by atoms with Crippen molar-refractivity contribution in [3.8, 4) is 0 Å². The standard InChI is InChI=1S/C4H5O3/c5-3-1-2-4(6)7/h1-2H,3H2,(H,6,7). The van der Waals surface area contributed by atoms with Gasteiger partial charge in [0.25, 0.3) is 0 Å². The maximum Gasteiger partial charge on any atom is 0.328 e. The van der Waals surface area contributed by atoms with Crippen LogP contribution in [0.2, 0.25) is 0 Å². The molecule has 0 unspecified atom stereocenters. The zero-order chi connectivity index (χ0) is 5.70. The van der Waals surface area contributed by atoms with Gasteiger partial charge in [0, 0.05) is 6.08 Å². The Morgan fingerprint density at radius 3 is 2.43 bits per heavy atom. The Morgan fingerprint density at radius 2 is 2.29 bits per heavy atom. The summed E-state index contributed by atoms with van der Waals surface area (Å²) in [6.45, 7) is -0.466. The van der Waals surface area contributed by atoms with Gasteiger partial charge in [0.2, 0.25) is 0 Å². The molecule has 0 saturated heterocycles. The molecule has 1 radical (unpaired) electrons. The van der Waals surface area contributed by atoms with E-state index in [1.54, 1.807) is 0 Å². The van der Waals surface area contributed by atoms with Gasteiger partial charge in [0.1, 0.15) is 6.61 Å². The minimum atomic E-state index is -1.07. The second kappa shape index (κ2) is 3.36. The van der Waals surface area contributed by atoms with Crippen LogP contribution in [0.15, 0.2) is 12.2 Å². The Morgan fingerprint density at radius 1 is 1.71 bits per heavy atom. The molecule has 1 N–H and O–H groups in total. The van der Waals surface area contributed by atoms with E-state index in [1.165, 1.54) is 0 Å². The monoisotopic (exact) mass is 101 g/mol. The van der Waals surface area contributed by atoms with Gasteiger partial charge in [-0.15, -0.1) is 0 Å². The second-order valence-corrected chi connectivity index (χ2v) is 0.907. The van der Waals surface area contributed by atoms with Crippen molar-refractivity contribution in [3.05, 3.63) is 12.2 Å². The van der Waals surface area contributed by atoms with Gasteiger partial charge in [0.15, 0.2) is 0 Å². The molecule has 0 spiro atoms. The Kier molecular flexibility index (Phi) is 2.96. The van der Waals surface area contributed by atoms with E-state index in [2.05, 4.69) is 0 Å². The van der Waals surface area contributed by atoms with Gasteiger partial charge >= 0.3 is 5.97 Å². The molecule has 0 aliphatic rings. The third-order valence-electron chi connectivity index (χ3n) is 0.357. The van der Waals surface area contributed by atoms with Crippen LogP contribution in [-0.2, 0) is 9.90 Å². The fraction of sp³-hybridized carbons (Fsp3) is 0.250. The third kappa shape index (κ3) is 5.17. The van der Waals surface area contributed by atoms with Crippen molar-refractivity contribution in [1.29, 1.82) is 0 Å². The number of aliphatic carboxylic acids is 1. The lowest BCUT2D eigenvalue weighted by Crippen LogP contribution is -1.85. The molecule has 39 valence electrons. The van der Waals surface area contributed by atoms with Gasteiger partial charge in [-0.2, -0.15) is 0 Å². The van der Waals surface area contributed by atoms with E-state index < -0.39 is 12.6 Å². The first kappa shape index (κ1) is 6.17. The zero-order valence-electron chi connectivity index (χ0n) is 3.63.